The Morgan fingerprint density at radius 2 is 2.27 bits per heavy atom. The van der Waals surface area contributed by atoms with Gasteiger partial charge in [-0.05, 0) is 25.1 Å². The van der Waals surface area contributed by atoms with Gasteiger partial charge in [0.2, 0.25) is 0 Å². The van der Waals surface area contributed by atoms with Crippen molar-refractivity contribution < 1.29 is 0 Å². The van der Waals surface area contributed by atoms with Gasteiger partial charge in [0.15, 0.2) is 0 Å². The van der Waals surface area contributed by atoms with Gasteiger partial charge in [0.05, 0.1) is 23.9 Å². The maximum Gasteiger partial charge on any atom is 0.0640 e. The highest BCUT2D eigenvalue weighted by atomic mass is 79.9. The summed E-state index contributed by atoms with van der Waals surface area (Å²) in [5.41, 5.74) is 7.65. The van der Waals surface area contributed by atoms with E-state index in [0.29, 0.717) is 6.42 Å². The van der Waals surface area contributed by atoms with Crippen molar-refractivity contribution in [1.82, 2.24) is 0 Å². The van der Waals surface area contributed by atoms with Crippen LogP contribution in [-0.4, -0.2) is 13.1 Å². The number of hydrogen-bond donors (Lipinski definition) is 1. The number of rotatable bonds is 4. The summed E-state index contributed by atoms with van der Waals surface area (Å²) in [7, 11) is 0. The van der Waals surface area contributed by atoms with Crippen LogP contribution in [0.15, 0.2) is 22.7 Å². The number of benzene rings is 1. The molecule has 0 aliphatic heterocycles. The molecule has 80 valence electrons. The first kappa shape index (κ1) is 11.9. The lowest BCUT2D eigenvalue weighted by atomic mass is 10.2. The van der Waals surface area contributed by atoms with Crippen molar-refractivity contribution >= 4 is 27.3 Å². The lowest BCUT2D eigenvalue weighted by Crippen LogP contribution is -2.24. The van der Waals surface area contributed by atoms with Crippen LogP contribution in [-0.2, 0) is 0 Å². The Labute approximate surface area is 98.6 Å². The summed E-state index contributed by atoms with van der Waals surface area (Å²) in [6.07, 6.45) is 0.517. The van der Waals surface area contributed by atoms with Crippen molar-refractivity contribution in [3.05, 3.63) is 22.7 Å². The molecule has 0 aliphatic rings. The van der Waals surface area contributed by atoms with E-state index in [9.17, 15) is 0 Å². The Hall–Kier alpha value is -1.21. The fraction of sp³-hybridized carbons (Fsp3) is 0.364. The van der Waals surface area contributed by atoms with Gasteiger partial charge in [-0.2, -0.15) is 5.26 Å². The zero-order valence-corrected chi connectivity index (χ0v) is 10.3. The molecule has 0 saturated carbocycles. The first-order valence-corrected chi connectivity index (χ1v) is 5.65. The second-order valence-corrected chi connectivity index (χ2v) is 4.11. The predicted molar refractivity (Wildman–Crippen MR) is 66.7 cm³/mol. The van der Waals surface area contributed by atoms with Crippen molar-refractivity contribution in [2.45, 2.75) is 13.3 Å². The number of hydrogen-bond acceptors (Lipinski definition) is 3. The smallest absolute Gasteiger partial charge is 0.0640 e. The molecule has 1 rings (SSSR count). The topological polar surface area (TPSA) is 53.0 Å². The average molecular weight is 268 g/mol. The molecule has 0 amide bonds. The van der Waals surface area contributed by atoms with Crippen LogP contribution in [0.1, 0.15) is 13.3 Å². The summed E-state index contributed by atoms with van der Waals surface area (Å²) in [5.74, 6) is 0. The van der Waals surface area contributed by atoms with Gasteiger partial charge in [0, 0.05) is 17.6 Å². The van der Waals surface area contributed by atoms with E-state index in [1.807, 2.05) is 18.2 Å². The summed E-state index contributed by atoms with van der Waals surface area (Å²) < 4.78 is 0.972. The molecule has 3 nitrogen and oxygen atoms in total. The Kier molecular flexibility index (Phi) is 4.44. The molecule has 0 saturated heterocycles. The maximum atomic E-state index is 8.56. The molecule has 0 bridgehead atoms. The van der Waals surface area contributed by atoms with Crippen LogP contribution in [0.3, 0.4) is 0 Å². The number of nitrogens with zero attached hydrogens (tertiary/aromatic N) is 2. The summed E-state index contributed by atoms with van der Waals surface area (Å²) in [6.45, 7) is 3.63. The second-order valence-electron chi connectivity index (χ2n) is 3.19. The minimum Gasteiger partial charge on any atom is -0.397 e. The van der Waals surface area contributed by atoms with Gasteiger partial charge in [-0.3, -0.25) is 0 Å². The molecule has 0 radical (unpaired) electrons. The minimum absolute atomic E-state index is 0.517. The number of nitrogens with two attached hydrogens (primary N) is 1. The number of halogens is 1. The van der Waals surface area contributed by atoms with Crippen LogP contribution in [0.4, 0.5) is 11.4 Å². The van der Waals surface area contributed by atoms with E-state index in [1.165, 1.54) is 0 Å². The van der Waals surface area contributed by atoms with Crippen LogP contribution < -0.4 is 10.6 Å². The van der Waals surface area contributed by atoms with Gasteiger partial charge >= 0.3 is 0 Å². The van der Waals surface area contributed by atoms with Crippen molar-refractivity contribution in [3.8, 4) is 6.07 Å². The molecule has 1 aromatic rings. The van der Waals surface area contributed by atoms with Gasteiger partial charge in [-0.1, -0.05) is 15.9 Å². The zero-order valence-electron chi connectivity index (χ0n) is 8.70. The van der Waals surface area contributed by atoms with Crippen LogP contribution in [0.2, 0.25) is 0 Å². The minimum atomic E-state index is 0.517. The molecule has 0 aliphatic carbocycles. The van der Waals surface area contributed by atoms with Gasteiger partial charge in [0.1, 0.15) is 0 Å². The Bertz CT molecular complexity index is 371. The molecule has 0 spiro atoms. The molecule has 4 heteroatoms. The highest BCUT2D eigenvalue weighted by Gasteiger charge is 2.07. The highest BCUT2D eigenvalue weighted by Crippen LogP contribution is 2.26. The molecule has 0 heterocycles. The van der Waals surface area contributed by atoms with Crippen molar-refractivity contribution in [3.63, 3.8) is 0 Å². The van der Waals surface area contributed by atoms with Crippen LogP contribution in [0.5, 0.6) is 0 Å². The Morgan fingerprint density at radius 1 is 1.53 bits per heavy atom. The monoisotopic (exact) mass is 267 g/mol. The molecule has 1 aromatic carbocycles. The van der Waals surface area contributed by atoms with E-state index < -0.39 is 0 Å². The third-order valence-electron chi connectivity index (χ3n) is 2.21. The molecule has 2 N–H and O–H groups in total. The summed E-state index contributed by atoms with van der Waals surface area (Å²) in [4.78, 5) is 2.10. The van der Waals surface area contributed by atoms with Crippen molar-refractivity contribution in [2.75, 3.05) is 23.7 Å². The predicted octanol–water partition coefficient (Wildman–Crippen LogP) is 2.77. The SMILES string of the molecule is CCN(CCC#N)c1ccc(Br)cc1N. The van der Waals surface area contributed by atoms with E-state index in [0.717, 1.165) is 28.9 Å². The van der Waals surface area contributed by atoms with Crippen LogP contribution in [0, 0.1) is 11.3 Å². The van der Waals surface area contributed by atoms with Gasteiger partial charge in [0.25, 0.3) is 0 Å². The fourth-order valence-electron chi connectivity index (χ4n) is 1.45. The van der Waals surface area contributed by atoms with Gasteiger partial charge < -0.3 is 10.6 Å². The van der Waals surface area contributed by atoms with Crippen LogP contribution in [0.25, 0.3) is 0 Å². The van der Waals surface area contributed by atoms with Gasteiger partial charge in [-0.15, -0.1) is 0 Å². The third-order valence-corrected chi connectivity index (χ3v) is 2.70. The molecule has 0 aromatic heterocycles. The number of nitrogen functional groups attached to an aromatic ring is 1. The highest BCUT2D eigenvalue weighted by molar-refractivity contribution is 9.10. The molecule has 15 heavy (non-hydrogen) atoms. The Balaban J connectivity index is 2.87. The van der Waals surface area contributed by atoms with E-state index in [-0.39, 0.29) is 0 Å². The quantitative estimate of drug-likeness (QED) is 0.854. The maximum absolute atomic E-state index is 8.56. The summed E-state index contributed by atoms with van der Waals surface area (Å²) >= 11 is 3.37. The largest absolute Gasteiger partial charge is 0.397 e. The number of nitriles is 1. The van der Waals surface area contributed by atoms with Crippen molar-refractivity contribution in [1.29, 1.82) is 5.26 Å². The lowest BCUT2D eigenvalue weighted by molar-refractivity contribution is 0.828. The summed E-state index contributed by atoms with van der Waals surface area (Å²) in [6, 6.07) is 7.95. The van der Waals surface area contributed by atoms with E-state index in [2.05, 4.69) is 33.8 Å². The second kappa shape index (κ2) is 5.62. The van der Waals surface area contributed by atoms with E-state index in [1.54, 1.807) is 0 Å². The summed E-state index contributed by atoms with van der Waals surface area (Å²) in [5, 5.41) is 8.56. The molecule has 0 atom stereocenters. The lowest BCUT2D eigenvalue weighted by Gasteiger charge is -2.23. The van der Waals surface area contributed by atoms with E-state index in [4.69, 9.17) is 11.0 Å². The molecular formula is C11H14BrN3. The number of anilines is 2. The van der Waals surface area contributed by atoms with E-state index >= 15 is 0 Å². The fourth-order valence-corrected chi connectivity index (χ4v) is 1.83. The first-order valence-electron chi connectivity index (χ1n) is 4.86. The molecular weight excluding hydrogens is 254 g/mol. The molecule has 0 unspecified atom stereocenters. The molecule has 0 fully saturated rings. The Morgan fingerprint density at radius 3 is 2.80 bits per heavy atom. The average Bonchev–Trinajstić information content (AvgIpc) is 2.21. The standard InChI is InChI=1S/C11H14BrN3/c1-2-15(7-3-6-13)11-5-4-9(12)8-10(11)14/h4-5,8H,2-3,7,14H2,1H3. The van der Waals surface area contributed by atoms with Gasteiger partial charge in [-0.25, -0.2) is 0 Å². The van der Waals surface area contributed by atoms with Crippen LogP contribution >= 0.6 is 15.9 Å². The zero-order chi connectivity index (χ0) is 11.3. The van der Waals surface area contributed by atoms with Crippen molar-refractivity contribution in [2.24, 2.45) is 0 Å². The third kappa shape index (κ3) is 3.14. The first-order chi connectivity index (χ1) is 7.19. The normalized spacial score (nSPS) is 9.67.